The van der Waals surface area contributed by atoms with Crippen LogP contribution in [0.2, 0.25) is 0 Å². The van der Waals surface area contributed by atoms with Gasteiger partial charge in [0.1, 0.15) is 5.76 Å². The molecule has 0 aliphatic carbocycles. The zero-order valence-electron chi connectivity index (χ0n) is 15.9. The monoisotopic (exact) mass is 370 g/mol. The molecule has 1 aromatic heterocycles. The highest BCUT2D eigenvalue weighted by Gasteiger charge is 2.40. The number of aromatic nitrogens is 1. The third kappa shape index (κ3) is 4.54. The molecule has 1 fully saturated rings. The summed E-state index contributed by atoms with van der Waals surface area (Å²) >= 11 is 0. The van der Waals surface area contributed by atoms with Gasteiger partial charge in [0, 0.05) is 31.7 Å². The fourth-order valence-corrected chi connectivity index (χ4v) is 4.42. The lowest BCUT2D eigenvalue weighted by molar-refractivity contribution is 0.353. The highest BCUT2D eigenvalue weighted by atomic mass is 32.2. The van der Waals surface area contributed by atoms with Gasteiger partial charge in [-0.15, -0.1) is 0 Å². The van der Waals surface area contributed by atoms with Crippen LogP contribution < -0.4 is 5.32 Å². The first-order chi connectivity index (χ1) is 11.7. The predicted octanol–water partition coefficient (Wildman–Crippen LogP) is 1.70. The summed E-state index contributed by atoms with van der Waals surface area (Å²) in [5, 5.41) is 7.26. The molecule has 2 rings (SSSR count). The van der Waals surface area contributed by atoms with Crippen molar-refractivity contribution in [1.82, 2.24) is 15.4 Å². The Balaban J connectivity index is 1.99. The van der Waals surface area contributed by atoms with Crippen LogP contribution in [0.5, 0.6) is 0 Å². The molecule has 0 amide bonds. The molecule has 0 spiro atoms. The molecule has 25 heavy (non-hydrogen) atoms. The normalized spacial score (nSPS) is 19.9. The summed E-state index contributed by atoms with van der Waals surface area (Å²) in [6.07, 6.45) is 1.78. The largest absolute Gasteiger partial charge is 0.361 e. The molecule has 0 saturated carbocycles. The summed E-state index contributed by atoms with van der Waals surface area (Å²) in [6.45, 7) is 11.9. The lowest BCUT2D eigenvalue weighted by Gasteiger charge is -2.39. The summed E-state index contributed by atoms with van der Waals surface area (Å²) in [5.41, 5.74) is 2.10. The number of sulfone groups is 1. The Morgan fingerprint density at radius 1 is 1.40 bits per heavy atom. The molecule has 142 valence electrons. The maximum absolute atomic E-state index is 12.2. The van der Waals surface area contributed by atoms with E-state index in [1.807, 2.05) is 20.8 Å². The predicted molar refractivity (Wildman–Crippen MR) is 99.7 cm³/mol. The Kier molecular flexibility index (Phi) is 6.13. The van der Waals surface area contributed by atoms with Crippen LogP contribution in [-0.2, 0) is 16.3 Å². The van der Waals surface area contributed by atoms with Gasteiger partial charge >= 0.3 is 0 Å². The Hall–Kier alpha value is -1.57. The molecule has 0 atom stereocenters. The van der Waals surface area contributed by atoms with Crippen molar-refractivity contribution in [3.8, 4) is 0 Å². The third-order valence-corrected chi connectivity index (χ3v) is 7.24. The Morgan fingerprint density at radius 3 is 2.68 bits per heavy atom. The van der Waals surface area contributed by atoms with E-state index < -0.39 is 14.6 Å². The van der Waals surface area contributed by atoms with Gasteiger partial charge in [-0.3, -0.25) is 4.99 Å². The van der Waals surface area contributed by atoms with Gasteiger partial charge < -0.3 is 14.7 Å². The smallest absolute Gasteiger partial charge is 0.193 e. The molecular formula is C17H30N4O3S. The number of aliphatic imine (C=N–C) groups is 1. The Morgan fingerprint density at radius 2 is 2.12 bits per heavy atom. The molecule has 1 aliphatic rings. The highest BCUT2D eigenvalue weighted by Crippen LogP contribution is 2.23. The second kappa shape index (κ2) is 7.76. The van der Waals surface area contributed by atoms with Crippen LogP contribution in [0.25, 0.3) is 0 Å². The van der Waals surface area contributed by atoms with Gasteiger partial charge in [0.15, 0.2) is 15.8 Å². The quantitative estimate of drug-likeness (QED) is 0.482. The third-order valence-electron chi connectivity index (χ3n) is 4.71. The molecule has 1 N–H and O–H groups in total. The van der Waals surface area contributed by atoms with Crippen molar-refractivity contribution in [2.45, 2.75) is 52.2 Å². The number of aryl methyl sites for hydroxylation is 2. The van der Waals surface area contributed by atoms with E-state index in [4.69, 9.17) is 9.52 Å². The van der Waals surface area contributed by atoms with Crippen LogP contribution in [0.15, 0.2) is 9.52 Å². The molecule has 0 bridgehead atoms. The van der Waals surface area contributed by atoms with Crippen molar-refractivity contribution in [1.29, 1.82) is 0 Å². The summed E-state index contributed by atoms with van der Waals surface area (Å²) in [6, 6.07) is 0. The molecule has 1 saturated heterocycles. The van der Waals surface area contributed by atoms with Gasteiger partial charge in [0.05, 0.1) is 16.2 Å². The lowest BCUT2D eigenvalue weighted by Crippen LogP contribution is -2.57. The number of rotatable bonds is 5. The number of nitrogens with one attached hydrogen (secondary N) is 1. The minimum atomic E-state index is -3.05. The maximum atomic E-state index is 12.2. The van der Waals surface area contributed by atoms with Crippen molar-refractivity contribution in [2.75, 3.05) is 31.9 Å². The molecule has 7 nitrogen and oxygen atoms in total. The van der Waals surface area contributed by atoms with E-state index in [9.17, 15) is 8.42 Å². The van der Waals surface area contributed by atoms with Crippen molar-refractivity contribution >= 4 is 15.8 Å². The van der Waals surface area contributed by atoms with Crippen LogP contribution in [0.4, 0.5) is 0 Å². The molecule has 0 unspecified atom stereocenters. The molecule has 2 heterocycles. The van der Waals surface area contributed by atoms with Crippen LogP contribution in [0.3, 0.4) is 0 Å². The Bertz CT molecular complexity index is 703. The van der Waals surface area contributed by atoms with Crippen LogP contribution in [0.1, 0.15) is 44.2 Å². The van der Waals surface area contributed by atoms with E-state index in [0.29, 0.717) is 19.6 Å². The summed E-state index contributed by atoms with van der Waals surface area (Å²) in [7, 11) is -3.05. The SMILES string of the molecule is CCNC(=NCCCc1c(C)noc1C)N1CCS(=O)(=O)C(C)(C)C1. The average Bonchev–Trinajstić information content (AvgIpc) is 2.84. The van der Waals surface area contributed by atoms with Crippen molar-refractivity contribution in [3.05, 3.63) is 17.0 Å². The lowest BCUT2D eigenvalue weighted by atomic mass is 10.1. The van der Waals surface area contributed by atoms with Gasteiger partial charge in [-0.05, 0) is 47.5 Å². The van der Waals surface area contributed by atoms with E-state index >= 15 is 0 Å². The fraction of sp³-hybridized carbons (Fsp3) is 0.765. The first-order valence-electron chi connectivity index (χ1n) is 8.85. The van der Waals surface area contributed by atoms with E-state index in [0.717, 1.165) is 42.4 Å². The van der Waals surface area contributed by atoms with Gasteiger partial charge in [-0.2, -0.15) is 0 Å². The maximum Gasteiger partial charge on any atom is 0.193 e. The first-order valence-corrected chi connectivity index (χ1v) is 10.5. The van der Waals surface area contributed by atoms with E-state index in [-0.39, 0.29) is 5.75 Å². The zero-order chi connectivity index (χ0) is 18.7. The topological polar surface area (TPSA) is 87.8 Å². The summed E-state index contributed by atoms with van der Waals surface area (Å²) in [5.74, 6) is 1.84. The van der Waals surface area contributed by atoms with Crippen LogP contribution >= 0.6 is 0 Å². The van der Waals surface area contributed by atoms with E-state index in [1.165, 1.54) is 0 Å². The van der Waals surface area contributed by atoms with Crippen molar-refractivity contribution < 1.29 is 12.9 Å². The first kappa shape index (κ1) is 19.8. The molecular weight excluding hydrogens is 340 g/mol. The van der Waals surface area contributed by atoms with Gasteiger partial charge in [0.25, 0.3) is 0 Å². The number of hydrogen-bond acceptors (Lipinski definition) is 5. The van der Waals surface area contributed by atoms with Gasteiger partial charge in [-0.1, -0.05) is 5.16 Å². The minimum Gasteiger partial charge on any atom is -0.361 e. The average molecular weight is 371 g/mol. The van der Waals surface area contributed by atoms with E-state index in [1.54, 1.807) is 13.8 Å². The standard InChI is InChI=1S/C17H30N4O3S/c1-6-18-16(21-10-11-25(22,23)17(4,5)12-21)19-9-7-8-15-13(2)20-24-14(15)3/h6-12H2,1-5H3,(H,18,19). The Labute approximate surface area is 150 Å². The van der Waals surface area contributed by atoms with Crippen molar-refractivity contribution in [3.63, 3.8) is 0 Å². The molecule has 8 heteroatoms. The number of nitrogens with zero attached hydrogens (tertiary/aromatic N) is 3. The molecule has 0 radical (unpaired) electrons. The fourth-order valence-electron chi connectivity index (χ4n) is 3.05. The summed E-state index contributed by atoms with van der Waals surface area (Å²) in [4.78, 5) is 6.75. The second-order valence-corrected chi connectivity index (χ2v) is 9.88. The summed E-state index contributed by atoms with van der Waals surface area (Å²) < 4.78 is 28.8. The van der Waals surface area contributed by atoms with Crippen LogP contribution in [0, 0.1) is 13.8 Å². The molecule has 1 aromatic rings. The zero-order valence-corrected chi connectivity index (χ0v) is 16.7. The van der Waals surface area contributed by atoms with Crippen LogP contribution in [-0.4, -0.2) is 61.1 Å². The number of hydrogen-bond donors (Lipinski definition) is 1. The van der Waals surface area contributed by atoms with E-state index in [2.05, 4.69) is 15.4 Å². The molecule has 0 aromatic carbocycles. The highest BCUT2D eigenvalue weighted by molar-refractivity contribution is 7.92. The van der Waals surface area contributed by atoms with Crippen molar-refractivity contribution in [2.24, 2.45) is 4.99 Å². The van der Waals surface area contributed by atoms with Gasteiger partial charge in [-0.25, -0.2) is 8.42 Å². The minimum absolute atomic E-state index is 0.170. The number of guanidine groups is 1. The second-order valence-electron chi connectivity index (χ2n) is 7.14. The van der Waals surface area contributed by atoms with Gasteiger partial charge in [0.2, 0.25) is 0 Å². The molecule has 1 aliphatic heterocycles.